The Bertz CT molecular complexity index is 397. The SMILES string of the molecule is CCCC1(c2nc(C(OC)C(C)C)no2)CCCN1. The Morgan fingerprint density at radius 3 is 2.79 bits per heavy atom. The molecule has 0 aromatic carbocycles. The average molecular weight is 267 g/mol. The van der Waals surface area contributed by atoms with E-state index in [1.54, 1.807) is 7.11 Å². The van der Waals surface area contributed by atoms with Crippen LogP contribution < -0.4 is 5.32 Å². The van der Waals surface area contributed by atoms with E-state index in [2.05, 4.69) is 36.2 Å². The fourth-order valence-electron chi connectivity index (χ4n) is 2.96. The van der Waals surface area contributed by atoms with E-state index in [1.807, 2.05) is 0 Å². The molecule has 2 atom stereocenters. The largest absolute Gasteiger partial charge is 0.373 e. The van der Waals surface area contributed by atoms with Crippen molar-refractivity contribution in [2.75, 3.05) is 13.7 Å². The van der Waals surface area contributed by atoms with Crippen LogP contribution >= 0.6 is 0 Å². The van der Waals surface area contributed by atoms with Gasteiger partial charge in [-0.05, 0) is 31.7 Å². The molecule has 0 amide bonds. The highest BCUT2D eigenvalue weighted by Crippen LogP contribution is 2.35. The Morgan fingerprint density at radius 2 is 2.26 bits per heavy atom. The zero-order chi connectivity index (χ0) is 13.9. The zero-order valence-corrected chi connectivity index (χ0v) is 12.4. The predicted molar refractivity (Wildman–Crippen MR) is 72.7 cm³/mol. The second kappa shape index (κ2) is 6.01. The summed E-state index contributed by atoms with van der Waals surface area (Å²) in [5.41, 5.74) is -0.116. The number of hydrogen-bond donors (Lipinski definition) is 1. The lowest BCUT2D eigenvalue weighted by atomic mass is 9.92. The second-order valence-corrected chi connectivity index (χ2v) is 5.72. The molecule has 5 nitrogen and oxygen atoms in total. The van der Waals surface area contributed by atoms with Crippen molar-refractivity contribution >= 4 is 0 Å². The number of nitrogens with zero attached hydrogens (tertiary/aromatic N) is 2. The van der Waals surface area contributed by atoms with Crippen LogP contribution in [0.3, 0.4) is 0 Å². The molecule has 2 heterocycles. The van der Waals surface area contributed by atoms with E-state index >= 15 is 0 Å². The molecule has 0 radical (unpaired) electrons. The first-order valence-electron chi connectivity index (χ1n) is 7.25. The highest BCUT2D eigenvalue weighted by molar-refractivity contribution is 5.07. The Kier molecular flexibility index (Phi) is 4.58. The minimum absolute atomic E-state index is 0.0995. The fraction of sp³-hybridized carbons (Fsp3) is 0.857. The second-order valence-electron chi connectivity index (χ2n) is 5.72. The smallest absolute Gasteiger partial charge is 0.247 e. The molecule has 2 unspecified atom stereocenters. The number of rotatable bonds is 6. The van der Waals surface area contributed by atoms with Crippen LogP contribution in [0, 0.1) is 5.92 Å². The molecule has 1 fully saturated rings. The maximum Gasteiger partial charge on any atom is 0.247 e. The molecule has 5 heteroatoms. The summed E-state index contributed by atoms with van der Waals surface area (Å²) in [5.74, 6) is 1.72. The highest BCUT2D eigenvalue weighted by Gasteiger charge is 2.40. The van der Waals surface area contributed by atoms with Gasteiger partial charge in [0.1, 0.15) is 6.10 Å². The molecule has 1 aliphatic heterocycles. The van der Waals surface area contributed by atoms with Crippen molar-refractivity contribution in [3.05, 3.63) is 11.7 Å². The third-order valence-corrected chi connectivity index (χ3v) is 3.89. The van der Waals surface area contributed by atoms with Crippen molar-refractivity contribution in [2.24, 2.45) is 5.92 Å². The minimum Gasteiger partial charge on any atom is -0.373 e. The Hall–Kier alpha value is -0.940. The van der Waals surface area contributed by atoms with Gasteiger partial charge in [-0.3, -0.25) is 0 Å². The molecule has 0 spiro atoms. The van der Waals surface area contributed by atoms with Crippen molar-refractivity contribution in [2.45, 2.75) is 58.1 Å². The normalized spacial score (nSPS) is 25.1. The number of aromatic nitrogens is 2. The van der Waals surface area contributed by atoms with E-state index in [-0.39, 0.29) is 11.6 Å². The summed E-state index contributed by atoms with van der Waals surface area (Å²) in [6.45, 7) is 7.40. The molecular weight excluding hydrogens is 242 g/mol. The van der Waals surface area contributed by atoms with Crippen LogP contribution in [-0.2, 0) is 10.3 Å². The van der Waals surface area contributed by atoms with E-state index in [0.29, 0.717) is 11.7 Å². The molecule has 108 valence electrons. The summed E-state index contributed by atoms with van der Waals surface area (Å²) in [5, 5.41) is 7.68. The van der Waals surface area contributed by atoms with Gasteiger partial charge in [-0.15, -0.1) is 0 Å². The number of hydrogen-bond acceptors (Lipinski definition) is 5. The molecule has 2 rings (SSSR count). The summed E-state index contributed by atoms with van der Waals surface area (Å²) in [6, 6.07) is 0. The predicted octanol–water partition coefficient (Wildman–Crippen LogP) is 2.79. The first kappa shape index (κ1) is 14.5. The molecule has 1 aliphatic rings. The molecule has 1 aromatic rings. The first-order valence-corrected chi connectivity index (χ1v) is 7.25. The van der Waals surface area contributed by atoms with Gasteiger partial charge in [-0.1, -0.05) is 32.3 Å². The Morgan fingerprint density at radius 1 is 1.47 bits per heavy atom. The number of ether oxygens (including phenoxy) is 1. The van der Waals surface area contributed by atoms with Gasteiger partial charge in [0, 0.05) is 7.11 Å². The molecule has 0 bridgehead atoms. The van der Waals surface area contributed by atoms with Crippen LogP contribution in [0.1, 0.15) is 64.3 Å². The van der Waals surface area contributed by atoms with E-state index in [4.69, 9.17) is 9.26 Å². The lowest BCUT2D eigenvalue weighted by Gasteiger charge is -2.24. The Labute approximate surface area is 115 Å². The van der Waals surface area contributed by atoms with Crippen molar-refractivity contribution in [1.29, 1.82) is 0 Å². The van der Waals surface area contributed by atoms with Crippen molar-refractivity contribution in [3.63, 3.8) is 0 Å². The van der Waals surface area contributed by atoms with Crippen LogP contribution in [0.25, 0.3) is 0 Å². The monoisotopic (exact) mass is 267 g/mol. The summed E-state index contributed by atoms with van der Waals surface area (Å²) < 4.78 is 11.0. The van der Waals surface area contributed by atoms with Gasteiger partial charge >= 0.3 is 0 Å². The standard InChI is InChI=1S/C14H25N3O2/c1-5-7-14(8-6-9-15-14)13-16-12(17-19-13)11(18-4)10(2)3/h10-11,15H,5-9H2,1-4H3. The third kappa shape index (κ3) is 2.82. The van der Waals surface area contributed by atoms with Gasteiger partial charge < -0.3 is 14.6 Å². The molecule has 0 saturated carbocycles. The van der Waals surface area contributed by atoms with Gasteiger partial charge in [0.2, 0.25) is 11.7 Å². The minimum atomic E-state index is -0.116. The lowest BCUT2D eigenvalue weighted by Crippen LogP contribution is -2.37. The van der Waals surface area contributed by atoms with Crippen molar-refractivity contribution in [3.8, 4) is 0 Å². The van der Waals surface area contributed by atoms with Gasteiger partial charge in [-0.25, -0.2) is 0 Å². The summed E-state index contributed by atoms with van der Waals surface area (Å²) in [6.07, 6.45) is 4.27. The average Bonchev–Trinajstić information content (AvgIpc) is 2.99. The van der Waals surface area contributed by atoms with E-state index in [1.165, 1.54) is 0 Å². The van der Waals surface area contributed by atoms with E-state index < -0.39 is 0 Å². The van der Waals surface area contributed by atoms with E-state index in [9.17, 15) is 0 Å². The van der Waals surface area contributed by atoms with Gasteiger partial charge in [0.15, 0.2) is 0 Å². The quantitative estimate of drug-likeness (QED) is 0.858. The Balaban J connectivity index is 2.23. The fourth-order valence-corrected chi connectivity index (χ4v) is 2.96. The van der Waals surface area contributed by atoms with Crippen LogP contribution in [0.15, 0.2) is 4.52 Å². The van der Waals surface area contributed by atoms with Crippen molar-refractivity contribution in [1.82, 2.24) is 15.5 Å². The summed E-state index contributed by atoms with van der Waals surface area (Å²) in [4.78, 5) is 4.61. The molecule has 1 N–H and O–H groups in total. The molecule has 19 heavy (non-hydrogen) atoms. The van der Waals surface area contributed by atoms with Gasteiger partial charge in [0.25, 0.3) is 0 Å². The van der Waals surface area contributed by atoms with Gasteiger partial charge in [-0.2, -0.15) is 4.98 Å². The van der Waals surface area contributed by atoms with Crippen LogP contribution in [0.4, 0.5) is 0 Å². The first-order chi connectivity index (χ1) is 9.13. The zero-order valence-electron chi connectivity index (χ0n) is 12.4. The number of methoxy groups -OCH3 is 1. The molecule has 0 aliphatic carbocycles. The van der Waals surface area contributed by atoms with Crippen LogP contribution in [0.5, 0.6) is 0 Å². The van der Waals surface area contributed by atoms with E-state index in [0.717, 1.165) is 38.1 Å². The topological polar surface area (TPSA) is 60.2 Å². The molecule has 1 saturated heterocycles. The van der Waals surface area contributed by atoms with Crippen molar-refractivity contribution < 1.29 is 9.26 Å². The molecule has 1 aromatic heterocycles. The van der Waals surface area contributed by atoms with Crippen LogP contribution in [0.2, 0.25) is 0 Å². The molecular formula is C14H25N3O2. The van der Waals surface area contributed by atoms with Gasteiger partial charge in [0.05, 0.1) is 5.54 Å². The summed E-state index contributed by atoms with van der Waals surface area (Å²) in [7, 11) is 1.69. The lowest BCUT2D eigenvalue weighted by molar-refractivity contribution is 0.0555. The maximum atomic E-state index is 5.53. The summed E-state index contributed by atoms with van der Waals surface area (Å²) >= 11 is 0. The third-order valence-electron chi connectivity index (χ3n) is 3.89. The highest BCUT2D eigenvalue weighted by atomic mass is 16.5. The number of nitrogens with one attached hydrogen (secondary N) is 1. The maximum absolute atomic E-state index is 5.53. The van der Waals surface area contributed by atoms with Crippen LogP contribution in [-0.4, -0.2) is 23.8 Å².